The average Bonchev–Trinajstić information content (AvgIpc) is 3.51. The van der Waals surface area contributed by atoms with Gasteiger partial charge in [0.1, 0.15) is 6.10 Å². The zero-order chi connectivity index (χ0) is 24.5. The Morgan fingerprint density at radius 2 is 1.79 bits per heavy atom. The number of epoxide rings is 1. The first-order valence-corrected chi connectivity index (χ1v) is 12.0. The maximum atomic E-state index is 12.0. The minimum Gasteiger partial charge on any atom is -0.481 e. The summed E-state index contributed by atoms with van der Waals surface area (Å²) in [5, 5.41) is 39.4. The smallest absolute Gasteiger partial charge is 0.330 e. The molecule has 33 heavy (non-hydrogen) atoms. The first-order chi connectivity index (χ1) is 15.6. The lowest BCUT2D eigenvalue weighted by Crippen LogP contribution is -2.50. The third-order valence-corrected chi connectivity index (χ3v) is 6.59. The lowest BCUT2D eigenvalue weighted by Gasteiger charge is -2.38. The van der Waals surface area contributed by atoms with Gasteiger partial charge in [-0.25, -0.2) is 4.79 Å². The van der Waals surface area contributed by atoms with E-state index in [0.717, 1.165) is 12.8 Å². The van der Waals surface area contributed by atoms with Gasteiger partial charge in [0.2, 0.25) is 0 Å². The van der Waals surface area contributed by atoms with Crippen molar-refractivity contribution >= 4 is 11.9 Å². The molecule has 0 saturated carbocycles. The molecule has 2 saturated heterocycles. The van der Waals surface area contributed by atoms with Crippen molar-refractivity contribution in [3.05, 3.63) is 11.6 Å². The number of carbonyl (C=O) groups is 2. The number of aliphatic hydroxyl groups is 3. The molecule has 2 aliphatic rings. The van der Waals surface area contributed by atoms with Gasteiger partial charge in [0.25, 0.3) is 0 Å². The van der Waals surface area contributed by atoms with Crippen LogP contribution in [0.3, 0.4) is 0 Å². The van der Waals surface area contributed by atoms with Gasteiger partial charge in [0, 0.05) is 24.3 Å². The van der Waals surface area contributed by atoms with E-state index in [0.29, 0.717) is 31.3 Å². The molecule has 0 aromatic heterocycles. The SMILES string of the molecule is C/C(=C\C(=O)OCCCCCCC(=O)O)C[C@@H]1OC[C@H](C[C@@H]2O[C@H]2[C@@H](C)[C@H](C)O)[C@@H](O)[C@H]1O. The van der Waals surface area contributed by atoms with E-state index in [2.05, 4.69) is 0 Å². The minimum absolute atomic E-state index is 0.0128. The number of carboxylic acid groups (broad SMARTS) is 1. The number of aliphatic carboxylic acids is 1. The Labute approximate surface area is 195 Å². The summed E-state index contributed by atoms with van der Waals surface area (Å²) in [5.74, 6) is -1.51. The van der Waals surface area contributed by atoms with Gasteiger partial charge in [-0.3, -0.25) is 4.79 Å². The number of carbonyl (C=O) groups excluding carboxylic acids is 1. The highest BCUT2D eigenvalue weighted by molar-refractivity contribution is 5.82. The first-order valence-electron chi connectivity index (χ1n) is 12.0. The second-order valence-electron chi connectivity index (χ2n) is 9.51. The van der Waals surface area contributed by atoms with E-state index in [-0.39, 0.29) is 43.7 Å². The Morgan fingerprint density at radius 3 is 2.45 bits per heavy atom. The van der Waals surface area contributed by atoms with Crippen molar-refractivity contribution in [2.45, 2.75) is 102 Å². The maximum Gasteiger partial charge on any atom is 0.330 e. The molecule has 8 atom stereocenters. The number of ether oxygens (including phenoxy) is 3. The van der Waals surface area contributed by atoms with Gasteiger partial charge in [-0.05, 0) is 39.5 Å². The van der Waals surface area contributed by atoms with E-state index >= 15 is 0 Å². The summed E-state index contributed by atoms with van der Waals surface area (Å²) in [6.45, 7) is 5.97. The molecule has 2 aliphatic heterocycles. The van der Waals surface area contributed by atoms with Crippen molar-refractivity contribution in [1.29, 1.82) is 0 Å². The summed E-state index contributed by atoms with van der Waals surface area (Å²) >= 11 is 0. The molecule has 0 radical (unpaired) electrons. The summed E-state index contributed by atoms with van der Waals surface area (Å²) in [4.78, 5) is 22.4. The Kier molecular flexibility index (Phi) is 11.2. The summed E-state index contributed by atoms with van der Waals surface area (Å²) in [6, 6.07) is 0. The number of hydrogen-bond donors (Lipinski definition) is 4. The van der Waals surface area contributed by atoms with E-state index in [4.69, 9.17) is 19.3 Å². The third-order valence-electron chi connectivity index (χ3n) is 6.59. The van der Waals surface area contributed by atoms with E-state index in [1.54, 1.807) is 13.8 Å². The molecule has 2 fully saturated rings. The van der Waals surface area contributed by atoms with Crippen LogP contribution in [0.25, 0.3) is 0 Å². The highest BCUT2D eigenvalue weighted by Crippen LogP contribution is 2.38. The van der Waals surface area contributed by atoms with E-state index in [1.165, 1.54) is 6.08 Å². The van der Waals surface area contributed by atoms with E-state index in [9.17, 15) is 24.9 Å². The third kappa shape index (κ3) is 9.33. The van der Waals surface area contributed by atoms with Crippen LogP contribution in [-0.2, 0) is 23.8 Å². The van der Waals surface area contributed by atoms with Gasteiger partial charge in [-0.15, -0.1) is 0 Å². The van der Waals surface area contributed by atoms with Crippen LogP contribution in [0.15, 0.2) is 11.6 Å². The van der Waals surface area contributed by atoms with Crippen LogP contribution in [0.4, 0.5) is 0 Å². The van der Waals surface area contributed by atoms with Crippen LogP contribution in [0.5, 0.6) is 0 Å². The fourth-order valence-electron chi connectivity index (χ4n) is 4.24. The highest BCUT2D eigenvalue weighted by atomic mass is 16.6. The molecule has 9 heteroatoms. The van der Waals surface area contributed by atoms with Crippen LogP contribution >= 0.6 is 0 Å². The Hall–Kier alpha value is -1.52. The molecule has 2 heterocycles. The van der Waals surface area contributed by atoms with Crippen LogP contribution in [-0.4, -0.2) is 82.2 Å². The topological polar surface area (TPSA) is 146 Å². The Bertz CT molecular complexity index is 662. The summed E-state index contributed by atoms with van der Waals surface area (Å²) < 4.78 is 16.6. The van der Waals surface area contributed by atoms with Crippen LogP contribution < -0.4 is 0 Å². The van der Waals surface area contributed by atoms with Crippen molar-refractivity contribution in [3.63, 3.8) is 0 Å². The monoisotopic (exact) mass is 472 g/mol. The predicted molar refractivity (Wildman–Crippen MR) is 119 cm³/mol. The zero-order valence-corrected chi connectivity index (χ0v) is 19.9. The molecule has 0 aliphatic carbocycles. The lowest BCUT2D eigenvalue weighted by atomic mass is 9.85. The van der Waals surface area contributed by atoms with E-state index < -0.39 is 36.4 Å². The van der Waals surface area contributed by atoms with Crippen LogP contribution in [0, 0.1) is 11.8 Å². The molecule has 0 amide bonds. The summed E-state index contributed by atoms with van der Waals surface area (Å²) in [5.41, 5.74) is 0.688. The molecule has 4 N–H and O–H groups in total. The minimum atomic E-state index is -1.07. The standard InChI is InChI=1S/C24H40O9/c1-14(11-21(28)31-9-7-5-4-6-8-20(26)27)10-18-23(30)22(29)17(13-32-18)12-19-24(33-19)15(2)16(3)25/h11,15-19,22-25,29-30H,4-10,12-13H2,1-3H3,(H,26,27)/b14-11+/t15-,16-,17-,18-,19-,22+,23-,24-/m0/s1. The molecular formula is C24H40O9. The van der Waals surface area contributed by atoms with E-state index in [1.807, 2.05) is 6.92 Å². The van der Waals surface area contributed by atoms with Crippen LogP contribution in [0.1, 0.15) is 65.7 Å². The van der Waals surface area contributed by atoms with Crippen molar-refractivity contribution in [1.82, 2.24) is 0 Å². The van der Waals surface area contributed by atoms with Gasteiger partial charge in [0.15, 0.2) is 0 Å². The molecule has 2 rings (SSSR count). The number of unbranched alkanes of at least 4 members (excludes halogenated alkanes) is 3. The van der Waals surface area contributed by atoms with Crippen LogP contribution in [0.2, 0.25) is 0 Å². The maximum absolute atomic E-state index is 12.0. The summed E-state index contributed by atoms with van der Waals surface area (Å²) in [7, 11) is 0. The lowest BCUT2D eigenvalue weighted by molar-refractivity contribution is -0.165. The molecular weight excluding hydrogens is 432 g/mol. The van der Waals surface area contributed by atoms with Gasteiger partial charge in [-0.1, -0.05) is 25.3 Å². The Morgan fingerprint density at radius 1 is 1.09 bits per heavy atom. The average molecular weight is 473 g/mol. The fourth-order valence-corrected chi connectivity index (χ4v) is 4.24. The van der Waals surface area contributed by atoms with Crippen molar-refractivity contribution in [2.75, 3.05) is 13.2 Å². The predicted octanol–water partition coefficient (Wildman–Crippen LogP) is 1.81. The highest BCUT2D eigenvalue weighted by Gasteiger charge is 2.48. The molecule has 190 valence electrons. The van der Waals surface area contributed by atoms with Crippen molar-refractivity contribution in [2.24, 2.45) is 11.8 Å². The number of rotatable bonds is 14. The first kappa shape index (κ1) is 27.7. The quantitative estimate of drug-likeness (QED) is 0.129. The number of carboxylic acids is 1. The van der Waals surface area contributed by atoms with Gasteiger partial charge < -0.3 is 34.6 Å². The Balaban J connectivity index is 1.67. The zero-order valence-electron chi connectivity index (χ0n) is 19.9. The molecule has 0 aromatic carbocycles. The molecule has 9 nitrogen and oxygen atoms in total. The molecule has 0 unspecified atom stereocenters. The van der Waals surface area contributed by atoms with Gasteiger partial charge in [-0.2, -0.15) is 0 Å². The second kappa shape index (κ2) is 13.4. The van der Waals surface area contributed by atoms with Gasteiger partial charge in [0.05, 0.1) is 43.7 Å². The van der Waals surface area contributed by atoms with Crippen molar-refractivity contribution in [3.8, 4) is 0 Å². The second-order valence-corrected chi connectivity index (χ2v) is 9.51. The number of esters is 1. The summed E-state index contributed by atoms with van der Waals surface area (Å²) in [6.07, 6.45) is 2.10. The molecule has 0 bridgehead atoms. The molecule has 0 aromatic rings. The molecule has 0 spiro atoms. The largest absolute Gasteiger partial charge is 0.481 e. The number of aliphatic hydroxyl groups excluding tert-OH is 3. The number of hydrogen-bond acceptors (Lipinski definition) is 8. The normalized spacial score (nSPS) is 31.6. The fraction of sp³-hybridized carbons (Fsp3) is 0.833. The van der Waals surface area contributed by atoms with Gasteiger partial charge >= 0.3 is 11.9 Å². The van der Waals surface area contributed by atoms with Crippen molar-refractivity contribution < 1.29 is 44.2 Å².